The van der Waals surface area contributed by atoms with Crippen LogP contribution in [0.4, 0.5) is 5.69 Å². The molecule has 3 heterocycles. The van der Waals surface area contributed by atoms with E-state index < -0.39 is 0 Å². The van der Waals surface area contributed by atoms with E-state index in [2.05, 4.69) is 15.3 Å². The molecule has 26 heavy (non-hydrogen) atoms. The number of halogens is 4. The summed E-state index contributed by atoms with van der Waals surface area (Å²) in [4.78, 5) is 9.57. The molecule has 11 heteroatoms. The number of anilines is 1. The van der Waals surface area contributed by atoms with Crippen LogP contribution in [0.1, 0.15) is 16.3 Å². The first-order valence-electron chi connectivity index (χ1n) is 7.34. The first kappa shape index (κ1) is 23.7. The second-order valence-electron chi connectivity index (χ2n) is 5.27. The predicted molar refractivity (Wildman–Crippen MR) is 117 cm³/mol. The van der Waals surface area contributed by atoms with Crippen LogP contribution in [-0.4, -0.2) is 27.7 Å². The summed E-state index contributed by atoms with van der Waals surface area (Å²) < 4.78 is 0.951. The molecular formula is C15H18Cl4N4OS2. The number of aliphatic hydroxyl groups is 1. The van der Waals surface area contributed by atoms with Crippen molar-refractivity contribution < 1.29 is 5.11 Å². The van der Waals surface area contributed by atoms with Crippen LogP contribution in [0.15, 0.2) is 17.6 Å². The molecule has 0 aliphatic carbocycles. The largest absolute Gasteiger partial charge is 0.396 e. The molecule has 0 radical (unpaired) electrons. The van der Waals surface area contributed by atoms with Gasteiger partial charge in [0.25, 0.3) is 0 Å². The van der Waals surface area contributed by atoms with Crippen molar-refractivity contribution >= 4 is 86.6 Å². The fourth-order valence-electron chi connectivity index (χ4n) is 2.33. The third-order valence-electron chi connectivity index (χ3n) is 3.48. The molecule has 0 fully saturated rings. The third kappa shape index (κ3) is 5.56. The first-order valence-corrected chi connectivity index (χ1v) is 9.79. The van der Waals surface area contributed by atoms with E-state index in [4.69, 9.17) is 34.0 Å². The Morgan fingerprint density at radius 3 is 2.73 bits per heavy atom. The lowest BCUT2D eigenvalue weighted by Crippen LogP contribution is -2.23. The highest BCUT2D eigenvalue weighted by molar-refractivity contribution is 7.20. The first-order chi connectivity index (χ1) is 11.6. The van der Waals surface area contributed by atoms with Crippen LogP contribution in [-0.2, 0) is 13.0 Å². The number of aliphatic hydroxyl groups excluding tert-OH is 1. The van der Waals surface area contributed by atoms with Crippen LogP contribution in [0.25, 0.3) is 10.2 Å². The summed E-state index contributed by atoms with van der Waals surface area (Å²) in [7, 11) is 0. The van der Waals surface area contributed by atoms with Crippen LogP contribution >= 0.6 is 70.7 Å². The van der Waals surface area contributed by atoms with Gasteiger partial charge in [-0.3, -0.25) is 0 Å². The van der Waals surface area contributed by atoms with E-state index in [-0.39, 0.29) is 37.5 Å². The number of nitrogens with one attached hydrogen (secondary N) is 1. The maximum absolute atomic E-state index is 9.01. The van der Waals surface area contributed by atoms with Gasteiger partial charge < -0.3 is 16.2 Å². The Morgan fingerprint density at radius 2 is 2.08 bits per heavy atom. The standard InChI is InChI=1S/C15H16Cl2N4OS2.2ClH/c16-11-6-9(20-7-12-19-2-4-23-12)15-14(21-11)13(17)10(24-15)5-8(18)1-3-22;;/h2,4,6,8,22H,1,3,5,7,18H2,(H,20,21);2*1H/t8-;;/m0../s1. The number of hydrogen-bond acceptors (Lipinski definition) is 7. The van der Waals surface area contributed by atoms with Gasteiger partial charge in [0.1, 0.15) is 15.7 Å². The number of pyridine rings is 1. The Labute approximate surface area is 181 Å². The van der Waals surface area contributed by atoms with Crippen molar-refractivity contribution in [3.63, 3.8) is 0 Å². The molecule has 5 nitrogen and oxygen atoms in total. The summed E-state index contributed by atoms with van der Waals surface area (Å²) >= 11 is 15.8. The van der Waals surface area contributed by atoms with Crippen LogP contribution in [0, 0.1) is 0 Å². The van der Waals surface area contributed by atoms with Crippen LogP contribution < -0.4 is 11.1 Å². The number of fused-ring (bicyclic) bond motifs is 1. The van der Waals surface area contributed by atoms with Gasteiger partial charge in [-0.05, 0) is 12.8 Å². The summed E-state index contributed by atoms with van der Waals surface area (Å²) in [5, 5.41) is 16.3. The van der Waals surface area contributed by atoms with Gasteiger partial charge >= 0.3 is 0 Å². The van der Waals surface area contributed by atoms with Gasteiger partial charge in [-0.25, -0.2) is 9.97 Å². The molecule has 0 amide bonds. The van der Waals surface area contributed by atoms with Crippen molar-refractivity contribution in [2.45, 2.75) is 25.4 Å². The van der Waals surface area contributed by atoms with Crippen molar-refractivity contribution in [3.8, 4) is 0 Å². The van der Waals surface area contributed by atoms with E-state index in [1.54, 1.807) is 34.9 Å². The van der Waals surface area contributed by atoms with Gasteiger partial charge in [0, 0.05) is 35.2 Å². The highest BCUT2D eigenvalue weighted by atomic mass is 35.5. The highest BCUT2D eigenvalue weighted by Gasteiger charge is 2.18. The Bertz CT molecular complexity index is 829. The Hall–Kier alpha value is -0.380. The molecule has 0 aliphatic rings. The lowest BCUT2D eigenvalue weighted by molar-refractivity contribution is 0.275. The maximum Gasteiger partial charge on any atom is 0.131 e. The number of nitrogens with two attached hydrogens (primary N) is 1. The van der Waals surface area contributed by atoms with Gasteiger partial charge in [-0.1, -0.05) is 23.2 Å². The minimum Gasteiger partial charge on any atom is -0.396 e. The Kier molecular flexibility index (Phi) is 9.85. The number of nitrogens with zero attached hydrogens (tertiary/aromatic N) is 2. The molecule has 0 saturated carbocycles. The second-order valence-corrected chi connectivity index (χ2v) is 8.11. The smallest absolute Gasteiger partial charge is 0.131 e. The van der Waals surface area contributed by atoms with E-state index in [1.807, 2.05) is 5.38 Å². The van der Waals surface area contributed by atoms with E-state index in [1.165, 1.54) is 0 Å². The summed E-state index contributed by atoms with van der Waals surface area (Å²) in [5.74, 6) is 0. The van der Waals surface area contributed by atoms with Crippen molar-refractivity contribution in [2.75, 3.05) is 11.9 Å². The summed E-state index contributed by atoms with van der Waals surface area (Å²) in [6.45, 7) is 0.677. The predicted octanol–water partition coefficient (Wildman–Crippen LogP) is 4.77. The van der Waals surface area contributed by atoms with Crippen LogP contribution in [0.3, 0.4) is 0 Å². The molecule has 3 rings (SSSR count). The molecule has 3 aromatic rings. The topological polar surface area (TPSA) is 84.1 Å². The molecule has 0 saturated heterocycles. The minimum atomic E-state index is -0.136. The zero-order valence-electron chi connectivity index (χ0n) is 13.4. The molecule has 0 spiro atoms. The third-order valence-corrected chi connectivity index (χ3v) is 6.21. The molecule has 1 atom stereocenters. The van der Waals surface area contributed by atoms with Crippen LogP contribution in [0.2, 0.25) is 10.2 Å². The maximum atomic E-state index is 9.01. The van der Waals surface area contributed by atoms with Crippen molar-refractivity contribution in [1.82, 2.24) is 9.97 Å². The zero-order valence-corrected chi connectivity index (χ0v) is 18.2. The lowest BCUT2D eigenvalue weighted by Gasteiger charge is -2.07. The average molecular weight is 476 g/mol. The van der Waals surface area contributed by atoms with E-state index in [9.17, 15) is 0 Å². The van der Waals surface area contributed by atoms with Gasteiger partial charge in [0.2, 0.25) is 0 Å². The molecule has 0 bridgehead atoms. The highest BCUT2D eigenvalue weighted by Crippen LogP contribution is 2.40. The summed E-state index contributed by atoms with van der Waals surface area (Å²) in [5.41, 5.74) is 7.58. The number of thiazole rings is 1. The number of thiophene rings is 1. The number of rotatable bonds is 7. The quantitative estimate of drug-likeness (QED) is 0.428. The summed E-state index contributed by atoms with van der Waals surface area (Å²) in [6.07, 6.45) is 2.91. The zero-order chi connectivity index (χ0) is 17.1. The van der Waals surface area contributed by atoms with Crippen molar-refractivity contribution in [1.29, 1.82) is 0 Å². The Balaban J connectivity index is 0.00000169. The van der Waals surface area contributed by atoms with Crippen molar-refractivity contribution in [2.24, 2.45) is 5.73 Å². The SMILES string of the molecule is Cl.Cl.N[C@@H](CCO)Cc1sc2c(NCc3nccs3)cc(Cl)nc2c1Cl. The van der Waals surface area contributed by atoms with Gasteiger partial charge in [0.05, 0.1) is 22.0 Å². The minimum absolute atomic E-state index is 0. The fraction of sp³-hybridized carbons (Fsp3) is 0.333. The van der Waals surface area contributed by atoms with E-state index in [0.29, 0.717) is 35.1 Å². The lowest BCUT2D eigenvalue weighted by atomic mass is 10.1. The molecule has 4 N–H and O–H groups in total. The normalized spacial score (nSPS) is 11.7. The van der Waals surface area contributed by atoms with Crippen molar-refractivity contribution in [3.05, 3.63) is 37.7 Å². The molecular weight excluding hydrogens is 458 g/mol. The molecule has 0 aliphatic heterocycles. The van der Waals surface area contributed by atoms with Gasteiger partial charge in [-0.2, -0.15) is 0 Å². The van der Waals surface area contributed by atoms with Crippen LogP contribution in [0.5, 0.6) is 0 Å². The van der Waals surface area contributed by atoms with E-state index >= 15 is 0 Å². The second kappa shape index (κ2) is 10.8. The van der Waals surface area contributed by atoms with Gasteiger partial charge in [-0.15, -0.1) is 47.5 Å². The molecule has 3 aromatic heterocycles. The molecule has 0 aromatic carbocycles. The number of hydrogen-bond donors (Lipinski definition) is 3. The van der Waals surface area contributed by atoms with E-state index in [0.717, 1.165) is 20.3 Å². The Morgan fingerprint density at radius 1 is 1.31 bits per heavy atom. The van der Waals surface area contributed by atoms with Gasteiger partial charge in [0.15, 0.2) is 0 Å². The molecule has 0 unspecified atom stereocenters. The fourth-order valence-corrected chi connectivity index (χ4v) is 4.68. The monoisotopic (exact) mass is 474 g/mol. The average Bonchev–Trinajstić information content (AvgIpc) is 3.15. The molecule has 144 valence electrons. The summed E-state index contributed by atoms with van der Waals surface area (Å²) in [6, 6.07) is 1.66. The number of aromatic nitrogens is 2.